The first-order valence-electron chi connectivity index (χ1n) is 4.31. The summed E-state index contributed by atoms with van der Waals surface area (Å²) < 4.78 is 1.92. The van der Waals surface area contributed by atoms with E-state index >= 15 is 0 Å². The van der Waals surface area contributed by atoms with Crippen molar-refractivity contribution < 1.29 is 5.11 Å². The SMILES string of the molecule is Cc1cc2c(Cl)ncnc2n1CCO. The van der Waals surface area contributed by atoms with E-state index in [4.69, 9.17) is 16.7 Å². The van der Waals surface area contributed by atoms with E-state index in [1.807, 2.05) is 17.6 Å². The molecule has 0 unspecified atom stereocenters. The summed E-state index contributed by atoms with van der Waals surface area (Å²) >= 11 is 5.92. The Morgan fingerprint density at radius 2 is 2.29 bits per heavy atom. The Bertz CT molecular complexity index is 466. The van der Waals surface area contributed by atoms with Crippen LogP contribution in [0.3, 0.4) is 0 Å². The molecule has 0 saturated heterocycles. The van der Waals surface area contributed by atoms with Crippen LogP contribution in [0.5, 0.6) is 0 Å². The van der Waals surface area contributed by atoms with Gasteiger partial charge in [0.15, 0.2) is 0 Å². The molecule has 14 heavy (non-hydrogen) atoms. The summed E-state index contributed by atoms with van der Waals surface area (Å²) in [5, 5.41) is 10.2. The zero-order chi connectivity index (χ0) is 10.1. The first-order valence-corrected chi connectivity index (χ1v) is 4.69. The molecule has 0 aromatic carbocycles. The van der Waals surface area contributed by atoms with E-state index in [0.29, 0.717) is 11.7 Å². The van der Waals surface area contributed by atoms with E-state index in [1.54, 1.807) is 0 Å². The van der Waals surface area contributed by atoms with Crippen molar-refractivity contribution in [1.82, 2.24) is 14.5 Å². The molecule has 0 radical (unpaired) electrons. The number of nitrogens with zero attached hydrogens (tertiary/aromatic N) is 3. The monoisotopic (exact) mass is 211 g/mol. The highest BCUT2D eigenvalue weighted by Gasteiger charge is 2.09. The van der Waals surface area contributed by atoms with E-state index < -0.39 is 0 Å². The summed E-state index contributed by atoms with van der Waals surface area (Å²) in [5.41, 5.74) is 1.80. The lowest BCUT2D eigenvalue weighted by molar-refractivity contribution is 0.277. The number of aromatic nitrogens is 3. The van der Waals surface area contributed by atoms with Crippen molar-refractivity contribution in [3.8, 4) is 0 Å². The molecule has 0 spiro atoms. The van der Waals surface area contributed by atoms with Gasteiger partial charge >= 0.3 is 0 Å². The van der Waals surface area contributed by atoms with Gasteiger partial charge in [0.05, 0.1) is 12.0 Å². The molecule has 0 bridgehead atoms. The Labute approximate surface area is 86.2 Å². The van der Waals surface area contributed by atoms with Gasteiger partial charge in [0.25, 0.3) is 0 Å². The number of halogens is 1. The van der Waals surface area contributed by atoms with Crippen LogP contribution in [-0.2, 0) is 6.54 Å². The summed E-state index contributed by atoms with van der Waals surface area (Å²) in [7, 11) is 0. The van der Waals surface area contributed by atoms with E-state index in [0.717, 1.165) is 16.7 Å². The molecule has 4 nitrogen and oxygen atoms in total. The fourth-order valence-corrected chi connectivity index (χ4v) is 1.72. The van der Waals surface area contributed by atoms with Crippen LogP contribution in [0.1, 0.15) is 5.69 Å². The Morgan fingerprint density at radius 3 is 3.00 bits per heavy atom. The third-order valence-corrected chi connectivity index (χ3v) is 2.47. The molecule has 2 aromatic heterocycles. The molecule has 0 aliphatic carbocycles. The number of aryl methyl sites for hydroxylation is 1. The Morgan fingerprint density at radius 1 is 1.50 bits per heavy atom. The third-order valence-electron chi connectivity index (χ3n) is 2.17. The van der Waals surface area contributed by atoms with E-state index in [9.17, 15) is 0 Å². The predicted octanol–water partition coefficient (Wildman–Crippen LogP) is 1.39. The van der Waals surface area contributed by atoms with Crippen molar-refractivity contribution in [3.05, 3.63) is 23.2 Å². The number of aliphatic hydroxyl groups excluding tert-OH is 1. The predicted molar refractivity (Wildman–Crippen MR) is 54.4 cm³/mol. The third kappa shape index (κ3) is 1.36. The number of fused-ring (bicyclic) bond motifs is 1. The highest BCUT2D eigenvalue weighted by atomic mass is 35.5. The van der Waals surface area contributed by atoms with Crippen LogP contribution in [0.25, 0.3) is 11.0 Å². The lowest BCUT2D eigenvalue weighted by Crippen LogP contribution is -2.04. The fourth-order valence-electron chi connectivity index (χ4n) is 1.54. The lowest BCUT2D eigenvalue weighted by Gasteiger charge is -2.03. The lowest BCUT2D eigenvalue weighted by atomic mass is 10.4. The maximum absolute atomic E-state index is 8.89. The van der Waals surface area contributed by atoms with Gasteiger partial charge in [0, 0.05) is 12.2 Å². The fraction of sp³-hybridized carbons (Fsp3) is 0.333. The van der Waals surface area contributed by atoms with Gasteiger partial charge in [-0.05, 0) is 13.0 Å². The van der Waals surface area contributed by atoms with Gasteiger partial charge in [-0.3, -0.25) is 0 Å². The summed E-state index contributed by atoms with van der Waals surface area (Å²) in [4.78, 5) is 8.04. The van der Waals surface area contributed by atoms with Crippen LogP contribution in [0.2, 0.25) is 5.15 Å². The molecule has 0 saturated carbocycles. The molecule has 0 fully saturated rings. The molecular formula is C9H10ClN3O. The Hall–Kier alpha value is -1.13. The average Bonchev–Trinajstić information content (AvgIpc) is 2.47. The summed E-state index contributed by atoms with van der Waals surface area (Å²) in [6.45, 7) is 2.57. The summed E-state index contributed by atoms with van der Waals surface area (Å²) in [6.07, 6.45) is 1.43. The van der Waals surface area contributed by atoms with Crippen molar-refractivity contribution in [3.63, 3.8) is 0 Å². The van der Waals surface area contributed by atoms with Gasteiger partial charge in [-0.25, -0.2) is 9.97 Å². The smallest absolute Gasteiger partial charge is 0.145 e. The number of rotatable bonds is 2. The van der Waals surface area contributed by atoms with Crippen molar-refractivity contribution in [2.24, 2.45) is 0 Å². The number of aliphatic hydroxyl groups is 1. The zero-order valence-corrected chi connectivity index (χ0v) is 8.49. The second kappa shape index (κ2) is 3.55. The highest BCUT2D eigenvalue weighted by Crippen LogP contribution is 2.22. The van der Waals surface area contributed by atoms with Gasteiger partial charge in [-0.15, -0.1) is 0 Å². The molecule has 0 amide bonds. The Balaban J connectivity index is 2.70. The van der Waals surface area contributed by atoms with Gasteiger partial charge in [-0.2, -0.15) is 0 Å². The van der Waals surface area contributed by atoms with E-state index in [1.165, 1.54) is 6.33 Å². The summed E-state index contributed by atoms with van der Waals surface area (Å²) in [5.74, 6) is 0. The number of hydrogen-bond donors (Lipinski definition) is 1. The first kappa shape index (κ1) is 9.43. The minimum absolute atomic E-state index is 0.0895. The van der Waals surface area contributed by atoms with Crippen LogP contribution >= 0.6 is 11.6 Å². The van der Waals surface area contributed by atoms with Gasteiger partial charge < -0.3 is 9.67 Å². The molecule has 2 heterocycles. The van der Waals surface area contributed by atoms with Crippen LogP contribution < -0.4 is 0 Å². The molecule has 1 N–H and O–H groups in total. The maximum Gasteiger partial charge on any atom is 0.145 e. The second-order valence-corrected chi connectivity index (χ2v) is 3.42. The van der Waals surface area contributed by atoms with Crippen molar-refractivity contribution >= 4 is 22.6 Å². The topological polar surface area (TPSA) is 50.9 Å². The number of hydrogen-bond acceptors (Lipinski definition) is 3. The normalized spacial score (nSPS) is 11.1. The van der Waals surface area contributed by atoms with E-state index in [-0.39, 0.29) is 6.61 Å². The van der Waals surface area contributed by atoms with Crippen LogP contribution in [0.4, 0.5) is 0 Å². The minimum Gasteiger partial charge on any atom is -0.395 e. The first-order chi connectivity index (χ1) is 6.74. The standard InChI is InChI=1S/C9H10ClN3O/c1-6-4-7-8(10)11-5-12-9(7)13(6)2-3-14/h4-5,14H,2-3H2,1H3. The van der Waals surface area contributed by atoms with Gasteiger partial charge in [-0.1, -0.05) is 11.6 Å². The molecule has 2 rings (SSSR count). The van der Waals surface area contributed by atoms with Crippen molar-refractivity contribution in [2.75, 3.05) is 6.61 Å². The van der Waals surface area contributed by atoms with Gasteiger partial charge in [0.2, 0.25) is 0 Å². The molecule has 2 aromatic rings. The zero-order valence-electron chi connectivity index (χ0n) is 7.74. The average molecular weight is 212 g/mol. The largest absolute Gasteiger partial charge is 0.395 e. The molecule has 0 aliphatic heterocycles. The molecule has 5 heteroatoms. The highest BCUT2D eigenvalue weighted by molar-refractivity contribution is 6.33. The van der Waals surface area contributed by atoms with E-state index in [2.05, 4.69) is 9.97 Å². The van der Waals surface area contributed by atoms with Crippen LogP contribution in [0, 0.1) is 6.92 Å². The molecule has 74 valence electrons. The molecular weight excluding hydrogens is 202 g/mol. The van der Waals surface area contributed by atoms with Crippen molar-refractivity contribution in [1.29, 1.82) is 0 Å². The molecule has 0 aliphatic rings. The second-order valence-electron chi connectivity index (χ2n) is 3.06. The van der Waals surface area contributed by atoms with Crippen LogP contribution in [0.15, 0.2) is 12.4 Å². The van der Waals surface area contributed by atoms with Crippen molar-refractivity contribution in [2.45, 2.75) is 13.5 Å². The maximum atomic E-state index is 8.89. The molecule has 0 atom stereocenters. The Kier molecular flexibility index (Phi) is 2.39. The minimum atomic E-state index is 0.0895. The quantitative estimate of drug-likeness (QED) is 0.764. The van der Waals surface area contributed by atoms with Crippen LogP contribution in [-0.4, -0.2) is 26.2 Å². The van der Waals surface area contributed by atoms with Gasteiger partial charge in [0.1, 0.15) is 17.1 Å². The summed E-state index contributed by atoms with van der Waals surface area (Å²) in [6, 6.07) is 1.92.